The van der Waals surface area contributed by atoms with E-state index in [2.05, 4.69) is 15.6 Å². The number of halogens is 4. The number of hydrogen-bond donors (Lipinski definition) is 2. The van der Waals surface area contributed by atoms with E-state index >= 15 is 0 Å². The Kier molecular flexibility index (Phi) is 10.2. The Bertz CT molecular complexity index is 856. The van der Waals surface area contributed by atoms with Crippen LogP contribution in [0.2, 0.25) is 0 Å². The van der Waals surface area contributed by atoms with Crippen molar-refractivity contribution in [3.63, 3.8) is 0 Å². The summed E-state index contributed by atoms with van der Waals surface area (Å²) < 4.78 is 45.5. The molecular weight excluding hydrogens is 484 g/mol. The van der Waals surface area contributed by atoms with Crippen LogP contribution >= 0.6 is 24.0 Å². The van der Waals surface area contributed by atoms with Gasteiger partial charge in [0.25, 0.3) is 0 Å². The second kappa shape index (κ2) is 12.1. The van der Waals surface area contributed by atoms with Crippen molar-refractivity contribution in [3.05, 3.63) is 65.0 Å². The van der Waals surface area contributed by atoms with Crippen molar-refractivity contribution < 1.29 is 17.9 Å². The molecule has 0 radical (unpaired) electrons. The molecule has 9 heteroatoms. The number of nitrogens with zero attached hydrogens (tertiary/aromatic N) is 2. The van der Waals surface area contributed by atoms with Gasteiger partial charge in [-0.2, -0.15) is 5.26 Å². The van der Waals surface area contributed by atoms with Gasteiger partial charge >= 0.3 is 0 Å². The quantitative estimate of drug-likeness (QED) is 0.261. The Morgan fingerprint density at radius 1 is 1.11 bits per heavy atom. The van der Waals surface area contributed by atoms with Crippen LogP contribution in [0.4, 0.5) is 13.2 Å². The molecule has 2 aromatic carbocycles. The van der Waals surface area contributed by atoms with E-state index in [0.29, 0.717) is 24.6 Å². The van der Waals surface area contributed by atoms with Crippen LogP contribution in [0.5, 0.6) is 5.75 Å². The maximum atomic E-state index is 13.9. The van der Waals surface area contributed by atoms with Crippen LogP contribution in [0.15, 0.2) is 41.4 Å². The summed E-state index contributed by atoms with van der Waals surface area (Å²) in [6.07, 6.45) is 0. The molecule has 2 aromatic rings. The van der Waals surface area contributed by atoms with Gasteiger partial charge in [0.2, 0.25) is 0 Å². The fraction of sp³-hybridized carbons (Fsp3) is 0.263. The van der Waals surface area contributed by atoms with Crippen LogP contribution in [0.25, 0.3) is 0 Å². The zero-order valence-corrected chi connectivity index (χ0v) is 17.5. The molecule has 0 saturated heterocycles. The summed E-state index contributed by atoms with van der Waals surface area (Å²) in [6, 6.07) is 9.16. The van der Waals surface area contributed by atoms with Gasteiger partial charge in [-0.1, -0.05) is 6.07 Å². The number of hydrogen-bond acceptors (Lipinski definition) is 3. The first-order valence-corrected chi connectivity index (χ1v) is 8.32. The summed E-state index contributed by atoms with van der Waals surface area (Å²) in [5.41, 5.74) is 0.603. The molecular formula is C19H20F3IN4O. The molecule has 2 N–H and O–H groups in total. The number of benzene rings is 2. The van der Waals surface area contributed by atoms with Gasteiger partial charge in [-0.05, 0) is 31.2 Å². The third kappa shape index (κ3) is 7.26. The third-order valence-corrected chi connectivity index (χ3v) is 3.48. The summed E-state index contributed by atoms with van der Waals surface area (Å²) in [7, 11) is 0. The maximum Gasteiger partial charge on any atom is 0.191 e. The number of guanidine groups is 1. The lowest BCUT2D eigenvalue weighted by molar-refractivity contribution is 0.304. The van der Waals surface area contributed by atoms with Crippen LogP contribution in [0.1, 0.15) is 18.1 Å². The highest BCUT2D eigenvalue weighted by Gasteiger charge is 2.06. The average Bonchev–Trinajstić information content (AvgIpc) is 2.65. The van der Waals surface area contributed by atoms with E-state index < -0.39 is 17.5 Å². The van der Waals surface area contributed by atoms with E-state index in [-0.39, 0.29) is 48.4 Å². The Morgan fingerprint density at radius 2 is 1.89 bits per heavy atom. The van der Waals surface area contributed by atoms with Gasteiger partial charge in [0.15, 0.2) is 17.5 Å². The number of nitrogens with one attached hydrogen (secondary N) is 2. The lowest BCUT2D eigenvalue weighted by Gasteiger charge is -2.12. The molecule has 150 valence electrons. The van der Waals surface area contributed by atoms with Gasteiger partial charge in [0.1, 0.15) is 18.2 Å². The summed E-state index contributed by atoms with van der Waals surface area (Å²) in [6.45, 7) is 2.98. The second-order valence-corrected chi connectivity index (χ2v) is 5.46. The van der Waals surface area contributed by atoms with Crippen molar-refractivity contribution in [3.8, 4) is 11.8 Å². The molecule has 2 rings (SSSR count). The first-order valence-electron chi connectivity index (χ1n) is 8.32. The standard InChI is InChI=1S/C19H19F3N4O.HI/c1-2-24-19(26-12-14-4-3-13(11-23)9-16(14)21)25-7-8-27-18-6-5-15(20)10-17(18)22;/h3-6,9-10H,2,7-8,12H2,1H3,(H2,24,25,26);1H. The van der Waals surface area contributed by atoms with Gasteiger partial charge in [-0.15, -0.1) is 24.0 Å². The fourth-order valence-electron chi connectivity index (χ4n) is 2.17. The van der Waals surface area contributed by atoms with E-state index in [9.17, 15) is 13.2 Å². The Labute approximate surface area is 178 Å². The monoisotopic (exact) mass is 504 g/mol. The van der Waals surface area contributed by atoms with E-state index in [1.807, 2.05) is 13.0 Å². The summed E-state index contributed by atoms with van der Waals surface area (Å²) in [4.78, 5) is 4.27. The lowest BCUT2D eigenvalue weighted by atomic mass is 10.1. The third-order valence-electron chi connectivity index (χ3n) is 3.48. The minimum absolute atomic E-state index is 0. The zero-order valence-electron chi connectivity index (χ0n) is 15.1. The minimum atomic E-state index is -0.771. The summed E-state index contributed by atoms with van der Waals surface area (Å²) in [5.74, 6) is -1.55. The smallest absolute Gasteiger partial charge is 0.191 e. The molecule has 0 aliphatic rings. The molecule has 0 unspecified atom stereocenters. The van der Waals surface area contributed by atoms with Crippen LogP contribution < -0.4 is 15.4 Å². The maximum absolute atomic E-state index is 13.9. The van der Waals surface area contributed by atoms with Crippen molar-refractivity contribution in [1.29, 1.82) is 5.26 Å². The van der Waals surface area contributed by atoms with E-state index in [1.165, 1.54) is 18.2 Å². The Balaban J connectivity index is 0.00000392. The molecule has 0 aliphatic heterocycles. The molecule has 0 saturated carbocycles. The topological polar surface area (TPSA) is 69.4 Å². The second-order valence-electron chi connectivity index (χ2n) is 5.46. The Morgan fingerprint density at radius 3 is 2.54 bits per heavy atom. The van der Waals surface area contributed by atoms with Crippen molar-refractivity contribution in [2.75, 3.05) is 19.7 Å². The number of ether oxygens (including phenoxy) is 1. The lowest BCUT2D eigenvalue weighted by Crippen LogP contribution is -2.39. The van der Waals surface area contributed by atoms with Gasteiger partial charge in [-0.3, -0.25) is 0 Å². The molecule has 28 heavy (non-hydrogen) atoms. The van der Waals surface area contributed by atoms with Crippen molar-refractivity contribution in [1.82, 2.24) is 10.6 Å². The van der Waals surface area contributed by atoms with Crippen molar-refractivity contribution >= 4 is 29.9 Å². The molecule has 0 aromatic heterocycles. The zero-order chi connectivity index (χ0) is 19.6. The van der Waals surface area contributed by atoms with E-state index in [4.69, 9.17) is 10.00 Å². The highest BCUT2D eigenvalue weighted by atomic mass is 127. The highest BCUT2D eigenvalue weighted by Crippen LogP contribution is 2.17. The average molecular weight is 504 g/mol. The van der Waals surface area contributed by atoms with Crippen molar-refractivity contribution in [2.24, 2.45) is 4.99 Å². The van der Waals surface area contributed by atoms with E-state index in [0.717, 1.165) is 18.2 Å². The molecule has 0 amide bonds. The first-order chi connectivity index (χ1) is 13.0. The molecule has 0 aliphatic carbocycles. The largest absolute Gasteiger partial charge is 0.489 e. The Hall–Kier alpha value is -2.48. The van der Waals surface area contributed by atoms with E-state index in [1.54, 1.807) is 0 Å². The van der Waals surface area contributed by atoms with Crippen molar-refractivity contribution in [2.45, 2.75) is 13.5 Å². The first kappa shape index (κ1) is 23.6. The number of rotatable bonds is 7. The molecule has 0 spiro atoms. The molecule has 0 heterocycles. The SMILES string of the molecule is CCNC(=NCc1ccc(C#N)cc1F)NCCOc1ccc(F)cc1F.I. The molecule has 0 bridgehead atoms. The summed E-state index contributed by atoms with van der Waals surface area (Å²) >= 11 is 0. The van der Waals surface area contributed by atoms with Crippen LogP contribution in [-0.4, -0.2) is 25.7 Å². The number of nitriles is 1. The van der Waals surface area contributed by atoms with Gasteiger partial charge in [0.05, 0.1) is 24.7 Å². The number of aliphatic imine (C=N–C) groups is 1. The fourth-order valence-corrected chi connectivity index (χ4v) is 2.17. The minimum Gasteiger partial charge on any atom is -0.489 e. The van der Waals surface area contributed by atoms with Crippen LogP contribution in [-0.2, 0) is 6.54 Å². The van der Waals surface area contributed by atoms with Gasteiger partial charge in [-0.25, -0.2) is 18.2 Å². The van der Waals surface area contributed by atoms with Gasteiger partial charge in [0, 0.05) is 18.2 Å². The molecule has 5 nitrogen and oxygen atoms in total. The predicted molar refractivity (Wildman–Crippen MR) is 111 cm³/mol. The molecule has 0 atom stereocenters. The summed E-state index contributed by atoms with van der Waals surface area (Å²) in [5, 5.41) is 14.7. The normalized spacial score (nSPS) is 10.6. The predicted octanol–water partition coefficient (Wildman–Crippen LogP) is 3.73. The van der Waals surface area contributed by atoms with Crippen LogP contribution in [0.3, 0.4) is 0 Å². The van der Waals surface area contributed by atoms with Crippen LogP contribution in [0, 0.1) is 28.8 Å². The highest BCUT2D eigenvalue weighted by molar-refractivity contribution is 14.0. The molecule has 0 fully saturated rings. The van der Waals surface area contributed by atoms with Gasteiger partial charge < -0.3 is 15.4 Å².